The number of hydrogen-bond acceptors (Lipinski definition) is 5. The van der Waals surface area contributed by atoms with Crippen LogP contribution in [0.25, 0.3) is 0 Å². The van der Waals surface area contributed by atoms with Gasteiger partial charge in [-0.05, 0) is 142 Å². The molecule has 0 N–H and O–H groups in total. The zero-order chi connectivity index (χ0) is 41.8. The summed E-state index contributed by atoms with van der Waals surface area (Å²) in [4.78, 5) is 13.4. The Kier molecular flexibility index (Phi) is 16.2. The van der Waals surface area contributed by atoms with E-state index < -0.39 is 30.6 Å². The Morgan fingerprint density at radius 3 is 1.82 bits per heavy atom. The molecule has 3 fully saturated rings. The molecule has 0 spiro atoms. The first-order valence-corrected chi connectivity index (χ1v) is 30.7. The molecule has 316 valence electrons. The van der Waals surface area contributed by atoms with Crippen molar-refractivity contribution < 1.29 is 22.8 Å². The molecule has 3 aliphatic carbocycles. The summed E-state index contributed by atoms with van der Waals surface area (Å²) >= 11 is 0. The summed E-state index contributed by atoms with van der Waals surface area (Å²) in [5, 5.41) is 0.242. The monoisotopic (exact) mass is 815 g/mol. The highest BCUT2D eigenvalue weighted by Crippen LogP contribution is 2.59. The van der Waals surface area contributed by atoms with E-state index in [1.165, 1.54) is 18.4 Å². The minimum Gasteiger partial charge on any atom is -0.459 e. The highest BCUT2D eigenvalue weighted by molar-refractivity contribution is 6.75. The van der Waals surface area contributed by atoms with Crippen LogP contribution < -0.4 is 0 Å². The highest BCUT2D eigenvalue weighted by atomic mass is 28.4. The lowest BCUT2D eigenvalue weighted by molar-refractivity contribution is -0.147. The van der Waals surface area contributed by atoms with Crippen LogP contribution in [0, 0.1) is 17.3 Å². The van der Waals surface area contributed by atoms with E-state index in [1.807, 2.05) is 6.08 Å². The number of esters is 1. The summed E-state index contributed by atoms with van der Waals surface area (Å²) < 4.78 is 27.5. The van der Waals surface area contributed by atoms with Gasteiger partial charge < -0.3 is 18.0 Å². The Hall–Kier alpha value is -1.04. The van der Waals surface area contributed by atoms with Gasteiger partial charge in [0.1, 0.15) is 6.10 Å². The molecule has 0 unspecified atom stereocenters. The van der Waals surface area contributed by atoms with Gasteiger partial charge >= 0.3 is 5.97 Å². The van der Waals surface area contributed by atoms with Gasteiger partial charge in [0.15, 0.2) is 25.0 Å². The molecule has 3 aliphatic rings. The third kappa shape index (κ3) is 11.2. The summed E-state index contributed by atoms with van der Waals surface area (Å²) in [6, 6.07) is 3.29. The van der Waals surface area contributed by atoms with Gasteiger partial charge in [-0.3, -0.25) is 0 Å². The third-order valence-electron chi connectivity index (χ3n) is 15.7. The molecule has 5 nitrogen and oxygen atoms in total. The van der Waals surface area contributed by atoms with Crippen LogP contribution in [0.15, 0.2) is 47.6 Å². The van der Waals surface area contributed by atoms with Crippen molar-refractivity contribution in [1.29, 1.82) is 0 Å². The fourth-order valence-electron chi connectivity index (χ4n) is 9.33. The molecular formula is C47H86O5Si3. The zero-order valence-corrected chi connectivity index (χ0v) is 41.9. The second kappa shape index (κ2) is 18.5. The van der Waals surface area contributed by atoms with Crippen LogP contribution in [-0.4, -0.2) is 54.8 Å². The van der Waals surface area contributed by atoms with Gasteiger partial charge in [-0.15, -0.1) is 0 Å². The Morgan fingerprint density at radius 1 is 0.855 bits per heavy atom. The predicted molar refractivity (Wildman–Crippen MR) is 243 cm³/mol. The molecule has 3 saturated carbocycles. The van der Waals surface area contributed by atoms with Gasteiger partial charge in [0.2, 0.25) is 0 Å². The van der Waals surface area contributed by atoms with Gasteiger partial charge in [0.25, 0.3) is 0 Å². The summed E-state index contributed by atoms with van der Waals surface area (Å²) in [5.41, 5.74) is 3.82. The number of rotatable bonds is 16. The van der Waals surface area contributed by atoms with Crippen molar-refractivity contribution in [2.45, 2.75) is 226 Å². The Bertz CT molecular complexity index is 1350. The molecule has 0 amide bonds. The summed E-state index contributed by atoms with van der Waals surface area (Å²) in [6.07, 6.45) is 17.7. The maximum atomic E-state index is 13.4. The second-order valence-corrected chi connectivity index (χ2v) is 35.2. The van der Waals surface area contributed by atoms with Gasteiger partial charge in [-0.2, -0.15) is 0 Å². The van der Waals surface area contributed by atoms with Crippen LogP contribution in [0.3, 0.4) is 0 Å². The normalized spacial score (nSPS) is 27.5. The predicted octanol–water partition coefficient (Wildman–Crippen LogP) is 14.3. The molecule has 0 radical (unpaired) electrons. The second-order valence-electron chi connectivity index (χ2n) is 21.0. The van der Waals surface area contributed by atoms with Crippen LogP contribution in [-0.2, 0) is 22.8 Å². The molecule has 0 bridgehead atoms. The Labute approximate surface area is 343 Å². The van der Waals surface area contributed by atoms with E-state index in [2.05, 4.69) is 135 Å². The van der Waals surface area contributed by atoms with Crippen molar-refractivity contribution in [1.82, 2.24) is 0 Å². The van der Waals surface area contributed by atoms with E-state index in [0.29, 0.717) is 11.8 Å². The van der Waals surface area contributed by atoms with Crippen molar-refractivity contribution in [3.05, 3.63) is 47.6 Å². The molecule has 6 atom stereocenters. The van der Waals surface area contributed by atoms with Gasteiger partial charge in [-0.25, -0.2) is 4.79 Å². The topological polar surface area (TPSA) is 54.0 Å². The van der Waals surface area contributed by atoms with E-state index >= 15 is 0 Å². The molecule has 0 aliphatic heterocycles. The van der Waals surface area contributed by atoms with Crippen molar-refractivity contribution in [3.63, 3.8) is 0 Å². The first kappa shape index (κ1) is 48.3. The largest absolute Gasteiger partial charge is 0.459 e. The average Bonchev–Trinajstić information content (AvgIpc) is 3.46. The number of fused-ring (bicyclic) bond motifs is 1. The van der Waals surface area contributed by atoms with Crippen LogP contribution in [0.5, 0.6) is 0 Å². The van der Waals surface area contributed by atoms with Crippen molar-refractivity contribution in [3.8, 4) is 0 Å². The standard InChI is InChI=1S/C47H86O5Si3/c1-19-47(20-2,52-55(21-3,22-4)23-5)32-30-43(48)49-36(7)39-28-29-40-38(25-24-31-46(39,40)14)27-26-37-33-41(50-53(15,16)44(8,9)10)35(6)42(34-37)51-54(17,18)45(11,12)13/h26-27,30,32,36,39-42H,6,19-25,28-29,31,33-34H2,1-5,7-18H3/t36-,39+,40-,41+,42+,46+/m0/s1. The maximum absolute atomic E-state index is 13.4. The molecular weight excluding hydrogens is 729 g/mol. The fourth-order valence-corrected chi connectivity index (χ4v) is 15.1. The Balaban J connectivity index is 1.83. The molecule has 0 aromatic rings. The SMILES string of the molecule is C=C1[C@H](O[Si](C)(C)C(C)(C)C)CC(=CC=C2CCC[C@]3(C)[C@@H]([C@H](C)OC(=O)C=CC(CC)(CC)O[Si](CC)(CC)CC)CC[C@@H]23)C[C@H]1O[Si](C)(C)C(C)(C)C. The lowest BCUT2D eigenvalue weighted by atomic mass is 9.62. The van der Waals surface area contributed by atoms with Crippen LogP contribution in [0.1, 0.15) is 148 Å². The molecule has 0 saturated heterocycles. The highest BCUT2D eigenvalue weighted by Gasteiger charge is 2.52. The third-order valence-corrected chi connectivity index (χ3v) is 29.4. The van der Waals surface area contributed by atoms with E-state index in [0.717, 1.165) is 68.7 Å². The van der Waals surface area contributed by atoms with Crippen molar-refractivity contribution in [2.75, 3.05) is 0 Å². The van der Waals surface area contributed by atoms with E-state index in [-0.39, 0.29) is 39.8 Å². The first-order valence-electron chi connectivity index (χ1n) is 22.3. The summed E-state index contributed by atoms with van der Waals surface area (Å²) in [7, 11) is -5.90. The van der Waals surface area contributed by atoms with Crippen molar-refractivity contribution in [2.24, 2.45) is 17.3 Å². The fraction of sp³-hybridized carbons (Fsp3) is 0.809. The molecule has 3 rings (SSSR count). The Morgan fingerprint density at radius 2 is 1.36 bits per heavy atom. The molecule has 0 heterocycles. The van der Waals surface area contributed by atoms with E-state index in [9.17, 15) is 4.79 Å². The average molecular weight is 815 g/mol. The molecule has 8 heteroatoms. The first-order chi connectivity index (χ1) is 25.3. The maximum Gasteiger partial charge on any atom is 0.330 e. The number of allylic oxidation sites excluding steroid dienone is 3. The molecule has 55 heavy (non-hydrogen) atoms. The minimum atomic E-state index is -2.03. The smallest absolute Gasteiger partial charge is 0.330 e. The number of ether oxygens (including phenoxy) is 1. The van der Waals surface area contributed by atoms with E-state index in [4.69, 9.17) is 18.0 Å². The number of carbonyl (C=O) groups is 1. The summed E-state index contributed by atoms with van der Waals surface area (Å²) in [5.74, 6) is 0.617. The van der Waals surface area contributed by atoms with Crippen molar-refractivity contribution >= 4 is 30.9 Å². The lowest BCUT2D eigenvalue weighted by Crippen LogP contribution is -2.49. The number of carbonyl (C=O) groups excluding carboxylic acids is 1. The van der Waals surface area contributed by atoms with Gasteiger partial charge in [-0.1, -0.05) is 113 Å². The zero-order valence-electron chi connectivity index (χ0n) is 38.9. The summed E-state index contributed by atoms with van der Waals surface area (Å²) in [6.45, 7) is 43.8. The molecule has 0 aromatic heterocycles. The van der Waals surface area contributed by atoms with E-state index in [1.54, 1.807) is 11.6 Å². The minimum absolute atomic E-state index is 0.0212. The van der Waals surface area contributed by atoms with Gasteiger partial charge in [0.05, 0.1) is 17.8 Å². The number of hydrogen-bond donors (Lipinski definition) is 0. The van der Waals surface area contributed by atoms with Crippen LogP contribution >= 0.6 is 0 Å². The quantitative estimate of drug-likeness (QED) is 0.0672. The van der Waals surface area contributed by atoms with Crippen LogP contribution in [0.2, 0.25) is 54.4 Å². The lowest BCUT2D eigenvalue weighted by Gasteiger charge is -2.46. The molecule has 0 aromatic carbocycles. The van der Waals surface area contributed by atoms with Crippen LogP contribution in [0.4, 0.5) is 0 Å². The van der Waals surface area contributed by atoms with Gasteiger partial charge in [0, 0.05) is 12.0 Å².